The zero-order valence-electron chi connectivity index (χ0n) is 15.5. The fraction of sp³-hybridized carbons (Fsp3) is 0.600. The number of amides is 2. The average molecular weight is 360 g/mol. The molecule has 142 valence electrons. The van der Waals surface area contributed by atoms with Crippen LogP contribution in [0.2, 0.25) is 0 Å². The Labute approximate surface area is 155 Å². The minimum absolute atomic E-state index is 0.0643. The van der Waals surface area contributed by atoms with Gasteiger partial charge in [0.05, 0.1) is 20.3 Å². The van der Waals surface area contributed by atoms with Gasteiger partial charge in [0.2, 0.25) is 11.8 Å². The number of methoxy groups -OCH3 is 1. The van der Waals surface area contributed by atoms with Crippen LogP contribution < -0.4 is 9.47 Å². The maximum atomic E-state index is 12.6. The molecular weight excluding hydrogens is 332 g/mol. The summed E-state index contributed by atoms with van der Waals surface area (Å²) in [5, 5.41) is 0. The van der Waals surface area contributed by atoms with Crippen molar-refractivity contribution < 1.29 is 19.1 Å². The lowest BCUT2D eigenvalue weighted by molar-refractivity contribution is -0.143. The van der Waals surface area contributed by atoms with Crippen molar-refractivity contribution in [3.63, 3.8) is 0 Å². The number of carbonyl (C=O) groups excluding carboxylic acids is 2. The van der Waals surface area contributed by atoms with Gasteiger partial charge in [0.1, 0.15) is 11.5 Å². The normalized spacial score (nSPS) is 20.8. The Balaban J connectivity index is 1.46. The number of carbonyl (C=O) groups is 2. The molecule has 1 aromatic rings. The van der Waals surface area contributed by atoms with Gasteiger partial charge in [-0.15, -0.1) is 0 Å². The van der Waals surface area contributed by atoms with Gasteiger partial charge >= 0.3 is 0 Å². The number of hydrogen-bond acceptors (Lipinski definition) is 4. The molecule has 0 bridgehead atoms. The minimum atomic E-state index is 0.0643. The molecule has 0 unspecified atom stereocenters. The Morgan fingerprint density at radius 1 is 1.12 bits per heavy atom. The topological polar surface area (TPSA) is 59.1 Å². The number of likely N-dealkylation sites (tertiary alicyclic amines) is 2. The van der Waals surface area contributed by atoms with Crippen LogP contribution in [0.4, 0.5) is 0 Å². The number of hydrogen-bond donors (Lipinski definition) is 0. The van der Waals surface area contributed by atoms with Crippen molar-refractivity contribution in [3.05, 3.63) is 24.3 Å². The largest absolute Gasteiger partial charge is 0.497 e. The second-order valence-corrected chi connectivity index (χ2v) is 7.11. The number of ether oxygens (including phenoxy) is 2. The van der Waals surface area contributed by atoms with E-state index in [1.54, 1.807) is 12.0 Å². The Morgan fingerprint density at radius 2 is 1.88 bits per heavy atom. The summed E-state index contributed by atoms with van der Waals surface area (Å²) in [6, 6.07) is 7.54. The van der Waals surface area contributed by atoms with Crippen LogP contribution >= 0.6 is 0 Å². The summed E-state index contributed by atoms with van der Waals surface area (Å²) in [4.78, 5) is 28.1. The van der Waals surface area contributed by atoms with E-state index in [0.29, 0.717) is 32.0 Å². The fourth-order valence-corrected chi connectivity index (χ4v) is 3.61. The summed E-state index contributed by atoms with van der Waals surface area (Å²) in [7, 11) is 1.64. The number of benzene rings is 1. The molecule has 2 aliphatic rings. The van der Waals surface area contributed by atoms with Crippen LogP contribution in [0, 0.1) is 5.92 Å². The quantitative estimate of drug-likeness (QED) is 0.781. The Hall–Kier alpha value is -2.24. The van der Waals surface area contributed by atoms with Gasteiger partial charge in [-0.2, -0.15) is 0 Å². The average Bonchev–Trinajstić information content (AvgIpc) is 2.69. The smallest absolute Gasteiger partial charge is 0.242 e. The van der Waals surface area contributed by atoms with Crippen LogP contribution in [0.3, 0.4) is 0 Å². The molecule has 2 heterocycles. The van der Waals surface area contributed by atoms with Gasteiger partial charge in [-0.05, 0) is 49.9 Å². The summed E-state index contributed by atoms with van der Waals surface area (Å²) >= 11 is 0. The summed E-state index contributed by atoms with van der Waals surface area (Å²) in [5.74, 6) is 2.12. The van der Waals surface area contributed by atoms with Crippen molar-refractivity contribution in [3.8, 4) is 11.5 Å². The van der Waals surface area contributed by atoms with Crippen LogP contribution in [0.25, 0.3) is 0 Å². The fourth-order valence-electron chi connectivity index (χ4n) is 3.61. The zero-order valence-corrected chi connectivity index (χ0v) is 15.5. The van der Waals surface area contributed by atoms with Gasteiger partial charge < -0.3 is 19.3 Å². The van der Waals surface area contributed by atoms with E-state index in [9.17, 15) is 9.59 Å². The first kappa shape index (κ1) is 18.5. The lowest BCUT2D eigenvalue weighted by atomic mass is 9.99. The van der Waals surface area contributed by atoms with Gasteiger partial charge in [0.25, 0.3) is 0 Å². The van der Waals surface area contributed by atoms with Gasteiger partial charge in [0, 0.05) is 32.0 Å². The monoisotopic (exact) mass is 360 g/mol. The zero-order chi connectivity index (χ0) is 18.4. The highest BCUT2D eigenvalue weighted by molar-refractivity contribution is 5.85. The molecule has 2 aliphatic heterocycles. The molecule has 1 atom stereocenters. The molecule has 6 nitrogen and oxygen atoms in total. The van der Waals surface area contributed by atoms with Crippen LogP contribution in [-0.2, 0) is 9.59 Å². The molecular formula is C20H28N2O4. The van der Waals surface area contributed by atoms with Crippen LogP contribution in [0.5, 0.6) is 11.5 Å². The molecule has 1 aromatic carbocycles. The van der Waals surface area contributed by atoms with Crippen molar-refractivity contribution in [2.75, 3.05) is 39.9 Å². The molecule has 0 aliphatic carbocycles. The first-order chi connectivity index (χ1) is 12.7. The minimum Gasteiger partial charge on any atom is -0.497 e. The van der Waals surface area contributed by atoms with E-state index in [1.165, 1.54) is 0 Å². The third-order valence-corrected chi connectivity index (χ3v) is 5.16. The van der Waals surface area contributed by atoms with Crippen LogP contribution in [-0.4, -0.2) is 61.5 Å². The highest BCUT2D eigenvalue weighted by Gasteiger charge is 2.27. The lowest BCUT2D eigenvalue weighted by Gasteiger charge is -2.35. The molecule has 0 aromatic heterocycles. The summed E-state index contributed by atoms with van der Waals surface area (Å²) < 4.78 is 11.0. The summed E-state index contributed by atoms with van der Waals surface area (Å²) in [6.07, 6.45) is 4.56. The van der Waals surface area contributed by atoms with E-state index in [0.717, 1.165) is 43.7 Å². The van der Waals surface area contributed by atoms with Crippen molar-refractivity contribution in [1.82, 2.24) is 9.80 Å². The Bertz CT molecular complexity index is 617. The SMILES string of the molecule is COc1ccc(OC[C@@H]2CCCN(C(=O)CN3CCCCC3=O)C2)cc1. The number of nitrogens with zero attached hydrogens (tertiary/aromatic N) is 2. The maximum absolute atomic E-state index is 12.6. The molecule has 2 fully saturated rings. The first-order valence-electron chi connectivity index (χ1n) is 9.48. The van der Waals surface area contributed by atoms with Crippen LogP contribution in [0.1, 0.15) is 32.1 Å². The van der Waals surface area contributed by atoms with E-state index in [4.69, 9.17) is 9.47 Å². The third-order valence-electron chi connectivity index (χ3n) is 5.16. The molecule has 26 heavy (non-hydrogen) atoms. The van der Waals surface area contributed by atoms with Gasteiger partial charge in [-0.25, -0.2) is 0 Å². The summed E-state index contributed by atoms with van der Waals surface area (Å²) in [6.45, 7) is 3.02. The van der Waals surface area contributed by atoms with Gasteiger partial charge in [-0.1, -0.05) is 0 Å². The van der Waals surface area contributed by atoms with Gasteiger partial charge in [-0.3, -0.25) is 9.59 Å². The molecule has 0 saturated carbocycles. The first-order valence-corrected chi connectivity index (χ1v) is 9.48. The van der Waals surface area contributed by atoms with Crippen molar-refractivity contribution in [2.45, 2.75) is 32.1 Å². The second-order valence-electron chi connectivity index (χ2n) is 7.11. The van der Waals surface area contributed by atoms with E-state index >= 15 is 0 Å². The standard InChI is InChI=1S/C20H28N2O4/c1-25-17-7-9-18(10-8-17)26-15-16-5-4-12-21(13-16)20(24)14-22-11-3-2-6-19(22)23/h7-10,16H,2-6,11-15H2,1H3/t16-/m1/s1. The highest BCUT2D eigenvalue weighted by atomic mass is 16.5. The Morgan fingerprint density at radius 3 is 2.62 bits per heavy atom. The molecule has 2 saturated heterocycles. The summed E-state index contributed by atoms with van der Waals surface area (Å²) in [5.41, 5.74) is 0. The number of rotatable bonds is 6. The van der Waals surface area contributed by atoms with E-state index in [-0.39, 0.29) is 18.4 Å². The van der Waals surface area contributed by atoms with E-state index < -0.39 is 0 Å². The predicted octanol–water partition coefficient (Wildman–Crippen LogP) is 2.33. The molecule has 6 heteroatoms. The van der Waals surface area contributed by atoms with E-state index in [2.05, 4.69) is 0 Å². The van der Waals surface area contributed by atoms with Crippen molar-refractivity contribution in [2.24, 2.45) is 5.92 Å². The molecule has 2 amide bonds. The van der Waals surface area contributed by atoms with Crippen LogP contribution in [0.15, 0.2) is 24.3 Å². The van der Waals surface area contributed by atoms with Gasteiger partial charge in [0.15, 0.2) is 0 Å². The third kappa shape index (κ3) is 4.90. The maximum Gasteiger partial charge on any atom is 0.242 e. The molecule has 3 rings (SSSR count). The van der Waals surface area contributed by atoms with E-state index in [1.807, 2.05) is 29.2 Å². The predicted molar refractivity (Wildman–Crippen MR) is 98.2 cm³/mol. The van der Waals surface area contributed by atoms with Crippen molar-refractivity contribution >= 4 is 11.8 Å². The molecule has 0 radical (unpaired) electrons. The second kappa shape index (κ2) is 8.92. The molecule has 0 N–H and O–H groups in total. The Kier molecular flexibility index (Phi) is 6.36. The highest BCUT2D eigenvalue weighted by Crippen LogP contribution is 2.21. The van der Waals surface area contributed by atoms with Crippen molar-refractivity contribution in [1.29, 1.82) is 0 Å². The lowest BCUT2D eigenvalue weighted by Crippen LogP contribution is -2.48. The molecule has 0 spiro atoms. The number of piperidine rings is 2.